The number of anilines is 1. The molecule has 1 N–H and O–H groups in total. The molecule has 0 bridgehead atoms. The first kappa shape index (κ1) is 19.9. The van der Waals surface area contributed by atoms with Gasteiger partial charge in [-0.1, -0.05) is 24.2 Å². The van der Waals surface area contributed by atoms with Crippen molar-refractivity contribution in [1.82, 2.24) is 15.0 Å². The molecule has 2 aromatic carbocycles. The Morgan fingerprint density at radius 1 is 1.20 bits per heavy atom. The fourth-order valence-electron chi connectivity index (χ4n) is 3.65. The first-order valence-corrected chi connectivity index (χ1v) is 10.3. The van der Waals surface area contributed by atoms with Crippen LogP contribution in [0.3, 0.4) is 0 Å². The van der Waals surface area contributed by atoms with Crippen molar-refractivity contribution in [3.63, 3.8) is 0 Å². The summed E-state index contributed by atoms with van der Waals surface area (Å²) in [7, 11) is 1.63. The van der Waals surface area contributed by atoms with Crippen molar-refractivity contribution in [2.24, 2.45) is 0 Å². The van der Waals surface area contributed by atoms with E-state index in [1.807, 2.05) is 53.4 Å². The van der Waals surface area contributed by atoms with Crippen LogP contribution in [0.4, 0.5) is 10.5 Å². The minimum Gasteiger partial charge on any atom is -0.497 e. The molecule has 7 heteroatoms. The normalized spacial score (nSPS) is 16.3. The summed E-state index contributed by atoms with van der Waals surface area (Å²) in [6.45, 7) is 3.39. The molecule has 156 valence electrons. The highest BCUT2D eigenvalue weighted by Crippen LogP contribution is 2.28. The third-order valence-corrected chi connectivity index (χ3v) is 5.46. The van der Waals surface area contributed by atoms with Gasteiger partial charge in [0.2, 0.25) is 11.7 Å². The number of rotatable bonds is 5. The highest BCUT2D eigenvalue weighted by molar-refractivity contribution is 5.89. The lowest BCUT2D eigenvalue weighted by atomic mass is 9.98. The number of amides is 2. The molecule has 0 aliphatic carbocycles. The Bertz CT molecular complexity index is 982. The van der Waals surface area contributed by atoms with Gasteiger partial charge in [0.05, 0.1) is 13.0 Å². The average molecular weight is 406 g/mol. The van der Waals surface area contributed by atoms with Crippen molar-refractivity contribution in [2.45, 2.75) is 32.1 Å². The largest absolute Gasteiger partial charge is 0.497 e. The number of hydrogen-bond donors (Lipinski definition) is 1. The number of benzene rings is 2. The summed E-state index contributed by atoms with van der Waals surface area (Å²) in [5.41, 5.74) is 2.92. The smallest absolute Gasteiger partial charge is 0.321 e. The van der Waals surface area contributed by atoms with Crippen molar-refractivity contribution in [3.05, 3.63) is 60.0 Å². The van der Waals surface area contributed by atoms with E-state index in [1.54, 1.807) is 7.11 Å². The summed E-state index contributed by atoms with van der Waals surface area (Å²) >= 11 is 0. The number of aryl methyl sites for hydroxylation is 1. The lowest BCUT2D eigenvalue weighted by molar-refractivity contribution is 0.184. The zero-order chi connectivity index (χ0) is 20.9. The van der Waals surface area contributed by atoms with Crippen LogP contribution < -0.4 is 10.1 Å². The maximum absolute atomic E-state index is 12.7. The van der Waals surface area contributed by atoms with Crippen LogP contribution in [0.1, 0.15) is 37.1 Å². The summed E-state index contributed by atoms with van der Waals surface area (Å²) in [4.78, 5) is 19.1. The molecule has 30 heavy (non-hydrogen) atoms. The lowest BCUT2D eigenvalue weighted by Gasteiger charge is -2.31. The van der Waals surface area contributed by atoms with Crippen LogP contribution in [0.15, 0.2) is 53.1 Å². The van der Waals surface area contributed by atoms with Gasteiger partial charge in [0.15, 0.2) is 0 Å². The first-order valence-electron chi connectivity index (χ1n) is 10.3. The number of piperidine rings is 1. The van der Waals surface area contributed by atoms with Gasteiger partial charge in [-0.2, -0.15) is 4.98 Å². The molecular formula is C23H26N4O3. The molecule has 1 aliphatic rings. The van der Waals surface area contributed by atoms with Gasteiger partial charge in [0, 0.05) is 24.3 Å². The van der Waals surface area contributed by atoms with Crippen LogP contribution in [0.25, 0.3) is 11.4 Å². The van der Waals surface area contributed by atoms with Crippen LogP contribution >= 0.6 is 0 Å². The molecule has 1 fully saturated rings. The van der Waals surface area contributed by atoms with E-state index < -0.39 is 0 Å². The molecule has 0 saturated carbocycles. The first-order chi connectivity index (χ1) is 14.7. The molecule has 2 heterocycles. The fourth-order valence-corrected chi connectivity index (χ4v) is 3.65. The van der Waals surface area contributed by atoms with Gasteiger partial charge in [0.1, 0.15) is 5.75 Å². The number of likely N-dealkylation sites (tertiary alicyclic amines) is 1. The Balaban J connectivity index is 1.40. The molecular weight excluding hydrogens is 380 g/mol. The third-order valence-electron chi connectivity index (χ3n) is 5.46. The fraction of sp³-hybridized carbons (Fsp3) is 0.348. The Labute approximate surface area is 176 Å². The van der Waals surface area contributed by atoms with Gasteiger partial charge in [-0.3, -0.25) is 0 Å². The molecule has 3 aromatic rings. The summed E-state index contributed by atoms with van der Waals surface area (Å²) in [6, 6.07) is 15.4. The number of carbonyl (C=O) groups excluding carboxylic acids is 1. The second-order valence-electron chi connectivity index (χ2n) is 7.45. The minimum atomic E-state index is -0.0983. The highest BCUT2D eigenvalue weighted by atomic mass is 16.5. The van der Waals surface area contributed by atoms with Crippen LogP contribution in [-0.2, 0) is 6.42 Å². The Kier molecular flexibility index (Phi) is 5.97. The van der Waals surface area contributed by atoms with Crippen LogP contribution in [0, 0.1) is 0 Å². The van der Waals surface area contributed by atoms with E-state index in [2.05, 4.69) is 22.4 Å². The quantitative estimate of drug-likeness (QED) is 0.663. The summed E-state index contributed by atoms with van der Waals surface area (Å²) in [5.74, 6) is 1.93. The summed E-state index contributed by atoms with van der Waals surface area (Å²) < 4.78 is 10.7. The van der Waals surface area contributed by atoms with Gasteiger partial charge >= 0.3 is 6.03 Å². The van der Waals surface area contributed by atoms with E-state index in [4.69, 9.17) is 9.26 Å². The number of hydrogen-bond acceptors (Lipinski definition) is 5. The van der Waals surface area contributed by atoms with Gasteiger partial charge in [-0.05, 0) is 61.2 Å². The lowest BCUT2D eigenvalue weighted by Crippen LogP contribution is -2.41. The zero-order valence-electron chi connectivity index (χ0n) is 17.3. The number of aromatic nitrogens is 2. The molecule has 1 saturated heterocycles. The van der Waals surface area contributed by atoms with Crippen LogP contribution in [0.2, 0.25) is 0 Å². The van der Waals surface area contributed by atoms with Crippen LogP contribution in [-0.4, -0.2) is 41.3 Å². The van der Waals surface area contributed by atoms with Crippen molar-refractivity contribution in [2.75, 3.05) is 25.5 Å². The Morgan fingerprint density at radius 2 is 1.97 bits per heavy atom. The molecule has 0 unspecified atom stereocenters. The SMILES string of the molecule is CCc1ccc(NC(=O)N2CCC[C@H](c3nc(-c4ccc(OC)cc4)no3)C2)cc1. The maximum Gasteiger partial charge on any atom is 0.321 e. The number of methoxy groups -OCH3 is 1. The average Bonchev–Trinajstić information content (AvgIpc) is 3.30. The van der Waals surface area contributed by atoms with Gasteiger partial charge in [-0.15, -0.1) is 0 Å². The molecule has 1 aromatic heterocycles. The predicted molar refractivity (Wildman–Crippen MR) is 115 cm³/mol. The summed E-state index contributed by atoms with van der Waals surface area (Å²) in [5, 5.41) is 7.11. The zero-order valence-corrected chi connectivity index (χ0v) is 17.3. The second kappa shape index (κ2) is 8.98. The van der Waals surface area contributed by atoms with E-state index in [9.17, 15) is 4.79 Å². The van der Waals surface area contributed by atoms with Crippen molar-refractivity contribution >= 4 is 11.7 Å². The van der Waals surface area contributed by atoms with E-state index in [1.165, 1.54) is 5.56 Å². The van der Waals surface area contributed by atoms with E-state index in [0.717, 1.165) is 42.8 Å². The van der Waals surface area contributed by atoms with Crippen molar-refractivity contribution in [1.29, 1.82) is 0 Å². The van der Waals surface area contributed by atoms with E-state index in [0.29, 0.717) is 18.3 Å². The number of carbonyl (C=O) groups is 1. The number of ether oxygens (including phenoxy) is 1. The van der Waals surface area contributed by atoms with E-state index in [-0.39, 0.29) is 11.9 Å². The number of urea groups is 1. The van der Waals surface area contributed by atoms with Crippen molar-refractivity contribution < 1.29 is 14.1 Å². The molecule has 7 nitrogen and oxygen atoms in total. The Hall–Kier alpha value is -3.35. The summed E-state index contributed by atoms with van der Waals surface area (Å²) in [6.07, 6.45) is 2.79. The monoisotopic (exact) mass is 406 g/mol. The topological polar surface area (TPSA) is 80.5 Å². The molecule has 0 spiro atoms. The highest BCUT2D eigenvalue weighted by Gasteiger charge is 2.28. The van der Waals surface area contributed by atoms with Gasteiger partial charge < -0.3 is 19.5 Å². The van der Waals surface area contributed by atoms with Crippen molar-refractivity contribution in [3.8, 4) is 17.1 Å². The molecule has 1 aliphatic heterocycles. The molecule has 1 atom stereocenters. The van der Waals surface area contributed by atoms with Gasteiger partial charge in [0.25, 0.3) is 0 Å². The third kappa shape index (κ3) is 4.45. The maximum atomic E-state index is 12.7. The minimum absolute atomic E-state index is 0.0338. The Morgan fingerprint density at radius 3 is 2.67 bits per heavy atom. The molecule has 0 radical (unpaired) electrons. The van der Waals surface area contributed by atoms with E-state index >= 15 is 0 Å². The molecule has 4 rings (SSSR count). The van der Waals surface area contributed by atoms with Crippen LogP contribution in [0.5, 0.6) is 5.75 Å². The number of nitrogens with one attached hydrogen (secondary N) is 1. The standard InChI is InChI=1S/C23H26N4O3/c1-3-16-6-10-19(11-7-16)24-23(28)27-14-4-5-18(15-27)22-25-21(26-30-22)17-8-12-20(29-2)13-9-17/h6-13,18H,3-5,14-15H2,1-2H3,(H,24,28)/t18-/m0/s1. The number of nitrogens with zero attached hydrogens (tertiary/aromatic N) is 3. The predicted octanol–water partition coefficient (Wildman–Crippen LogP) is 4.72. The molecule has 2 amide bonds. The van der Waals surface area contributed by atoms with Gasteiger partial charge in [-0.25, -0.2) is 4.79 Å². The second-order valence-corrected chi connectivity index (χ2v) is 7.45.